The molecule has 0 saturated carbocycles. The first-order valence-corrected chi connectivity index (χ1v) is 12.6. The minimum absolute atomic E-state index is 0.0526. The van der Waals surface area contributed by atoms with E-state index in [2.05, 4.69) is 10.3 Å². The van der Waals surface area contributed by atoms with Crippen molar-refractivity contribution in [3.63, 3.8) is 0 Å². The minimum atomic E-state index is -3.81. The van der Waals surface area contributed by atoms with Crippen molar-refractivity contribution in [2.24, 2.45) is 5.14 Å². The van der Waals surface area contributed by atoms with E-state index in [1.54, 1.807) is 0 Å². The first kappa shape index (κ1) is 22.0. The lowest BCUT2D eigenvalue weighted by molar-refractivity contribution is -0.113. The molecule has 32 heavy (non-hydrogen) atoms. The summed E-state index contributed by atoms with van der Waals surface area (Å²) in [5, 5.41) is 10.2. The molecule has 0 atom stereocenters. The lowest BCUT2D eigenvalue weighted by Crippen LogP contribution is -2.30. The second-order valence-electron chi connectivity index (χ2n) is 6.67. The van der Waals surface area contributed by atoms with Gasteiger partial charge in [-0.3, -0.25) is 9.59 Å². The van der Waals surface area contributed by atoms with Crippen LogP contribution >= 0.6 is 23.1 Å². The number of primary sulfonamides is 1. The molecular weight excluding hydrogens is 470 g/mol. The van der Waals surface area contributed by atoms with Gasteiger partial charge in [-0.05, 0) is 29.8 Å². The van der Waals surface area contributed by atoms with E-state index in [1.807, 2.05) is 35.7 Å². The summed E-state index contributed by atoms with van der Waals surface area (Å²) < 4.78 is 23.5. The van der Waals surface area contributed by atoms with Gasteiger partial charge in [-0.1, -0.05) is 42.1 Å². The fraction of sp³-hybridized carbons (Fsp3) is 0.0500. The Morgan fingerprint density at radius 3 is 2.47 bits per heavy atom. The number of rotatable bonds is 6. The quantitative estimate of drug-likeness (QED) is 0.214. The number of aromatic nitrogens is 2. The van der Waals surface area contributed by atoms with Crippen molar-refractivity contribution < 1.29 is 13.2 Å². The summed E-state index contributed by atoms with van der Waals surface area (Å²) in [6.07, 6.45) is 0. The second-order valence-corrected chi connectivity index (χ2v) is 10.0. The predicted octanol–water partition coefficient (Wildman–Crippen LogP) is 2.22. The van der Waals surface area contributed by atoms with E-state index in [4.69, 9.17) is 11.0 Å². The standard InChI is InChI=1S/C20H17N5O4S3/c21-25-19(27)17-15(12-4-2-1-3-5-12)10-30-18(17)24-20(25)31-11-16(26)23-13-6-8-14(9-7-13)32(22,28)29/h1-10H,11,21H2,(H,23,26)(H2,22,28,29). The van der Waals surface area contributed by atoms with Crippen LogP contribution in [0.15, 0.2) is 74.8 Å². The molecular formula is C20H17N5O4S3. The molecule has 12 heteroatoms. The average molecular weight is 488 g/mol. The molecule has 2 aromatic heterocycles. The molecule has 0 spiro atoms. The zero-order valence-corrected chi connectivity index (χ0v) is 18.8. The molecule has 2 aromatic carbocycles. The van der Waals surface area contributed by atoms with Crippen LogP contribution in [0.4, 0.5) is 5.69 Å². The van der Waals surface area contributed by atoms with Gasteiger partial charge in [0, 0.05) is 16.6 Å². The number of nitrogens with zero attached hydrogens (tertiary/aromatic N) is 2. The summed E-state index contributed by atoms with van der Waals surface area (Å²) in [7, 11) is -3.81. The van der Waals surface area contributed by atoms with Crippen LogP contribution in [0, 0.1) is 0 Å². The lowest BCUT2D eigenvalue weighted by Gasteiger charge is -2.08. The summed E-state index contributed by atoms with van der Waals surface area (Å²) in [5.74, 6) is 5.55. The Hall–Kier alpha value is -3.19. The van der Waals surface area contributed by atoms with E-state index in [9.17, 15) is 18.0 Å². The minimum Gasteiger partial charge on any atom is -0.334 e. The number of carbonyl (C=O) groups excluding carboxylic acids is 1. The lowest BCUT2D eigenvalue weighted by atomic mass is 10.1. The number of nitrogens with one attached hydrogen (secondary N) is 1. The smallest absolute Gasteiger partial charge is 0.282 e. The fourth-order valence-corrected chi connectivity index (χ4v) is 5.19. The number of thioether (sulfide) groups is 1. The summed E-state index contributed by atoms with van der Waals surface area (Å²) in [6.45, 7) is 0. The average Bonchev–Trinajstić information content (AvgIpc) is 3.20. The maximum atomic E-state index is 12.9. The predicted molar refractivity (Wildman–Crippen MR) is 127 cm³/mol. The first-order chi connectivity index (χ1) is 15.2. The molecule has 9 nitrogen and oxygen atoms in total. The first-order valence-electron chi connectivity index (χ1n) is 9.14. The van der Waals surface area contributed by atoms with Gasteiger partial charge in [-0.25, -0.2) is 23.2 Å². The van der Waals surface area contributed by atoms with Crippen molar-refractivity contribution in [1.82, 2.24) is 9.66 Å². The van der Waals surface area contributed by atoms with Crippen LogP contribution in [-0.2, 0) is 14.8 Å². The number of nitrogen functional groups attached to an aromatic ring is 1. The SMILES string of the molecule is Nn1c(SCC(=O)Nc2ccc(S(N)(=O)=O)cc2)nc2scc(-c3ccccc3)c2c1=O. The van der Waals surface area contributed by atoms with Crippen LogP contribution in [-0.4, -0.2) is 29.7 Å². The highest BCUT2D eigenvalue weighted by Crippen LogP contribution is 2.31. The summed E-state index contributed by atoms with van der Waals surface area (Å²) >= 11 is 2.35. The van der Waals surface area contributed by atoms with Gasteiger partial charge < -0.3 is 11.2 Å². The molecule has 4 rings (SSSR count). The number of anilines is 1. The largest absolute Gasteiger partial charge is 0.334 e. The van der Waals surface area contributed by atoms with Crippen molar-refractivity contribution in [3.05, 3.63) is 70.3 Å². The third kappa shape index (κ3) is 4.53. The van der Waals surface area contributed by atoms with E-state index in [0.29, 0.717) is 15.9 Å². The van der Waals surface area contributed by atoms with Crippen LogP contribution in [0.25, 0.3) is 21.3 Å². The van der Waals surface area contributed by atoms with Crippen molar-refractivity contribution >= 4 is 54.9 Å². The number of thiophene rings is 1. The van der Waals surface area contributed by atoms with Gasteiger partial charge in [0.2, 0.25) is 15.9 Å². The van der Waals surface area contributed by atoms with Crippen LogP contribution in [0.5, 0.6) is 0 Å². The molecule has 0 aliphatic carbocycles. The molecule has 164 valence electrons. The summed E-state index contributed by atoms with van der Waals surface area (Å²) in [4.78, 5) is 30.1. The number of nitrogens with two attached hydrogens (primary N) is 2. The Morgan fingerprint density at radius 2 is 1.81 bits per heavy atom. The molecule has 2 heterocycles. The number of sulfonamides is 1. The third-order valence-corrected chi connectivity index (χ3v) is 7.25. The van der Waals surface area contributed by atoms with Gasteiger partial charge in [0.15, 0.2) is 5.16 Å². The molecule has 4 aromatic rings. The summed E-state index contributed by atoms with van der Waals surface area (Å²) in [6, 6.07) is 14.9. The molecule has 5 N–H and O–H groups in total. The molecule has 1 amide bonds. The van der Waals surface area contributed by atoms with Gasteiger partial charge >= 0.3 is 0 Å². The number of fused-ring (bicyclic) bond motifs is 1. The normalized spacial score (nSPS) is 11.5. The molecule has 0 fully saturated rings. The molecule has 0 bridgehead atoms. The van der Waals surface area contributed by atoms with Crippen molar-refractivity contribution in [1.29, 1.82) is 0 Å². The van der Waals surface area contributed by atoms with Gasteiger partial charge in [0.1, 0.15) is 4.83 Å². The Bertz CT molecular complexity index is 1460. The number of hydrogen-bond donors (Lipinski definition) is 3. The molecule has 0 aliphatic rings. The topological polar surface area (TPSA) is 150 Å². The number of carbonyl (C=O) groups is 1. The molecule has 0 aliphatic heterocycles. The van der Waals surface area contributed by atoms with Crippen molar-refractivity contribution in [3.8, 4) is 11.1 Å². The van der Waals surface area contributed by atoms with E-state index in [0.717, 1.165) is 27.6 Å². The summed E-state index contributed by atoms with van der Waals surface area (Å²) in [5.41, 5.74) is 1.67. The van der Waals surface area contributed by atoms with Crippen LogP contribution in [0.3, 0.4) is 0 Å². The van der Waals surface area contributed by atoms with E-state index < -0.39 is 15.6 Å². The number of amides is 1. The Balaban J connectivity index is 1.50. The van der Waals surface area contributed by atoms with E-state index in [1.165, 1.54) is 35.6 Å². The van der Waals surface area contributed by atoms with E-state index in [-0.39, 0.29) is 21.7 Å². The maximum Gasteiger partial charge on any atom is 0.282 e. The Kier molecular flexibility index (Phi) is 6.02. The van der Waals surface area contributed by atoms with E-state index >= 15 is 0 Å². The third-order valence-electron chi connectivity index (χ3n) is 4.49. The highest BCUT2D eigenvalue weighted by Gasteiger charge is 2.17. The van der Waals surface area contributed by atoms with Gasteiger partial charge in [-0.15, -0.1) is 11.3 Å². The zero-order valence-electron chi connectivity index (χ0n) is 16.4. The Morgan fingerprint density at radius 1 is 1.12 bits per heavy atom. The van der Waals surface area contributed by atoms with Crippen molar-refractivity contribution in [2.45, 2.75) is 10.1 Å². The van der Waals surface area contributed by atoms with Crippen LogP contribution in [0.2, 0.25) is 0 Å². The molecule has 0 radical (unpaired) electrons. The highest BCUT2D eigenvalue weighted by atomic mass is 32.2. The molecule has 0 saturated heterocycles. The van der Waals surface area contributed by atoms with Crippen LogP contribution < -0.4 is 21.9 Å². The molecule has 0 unspecified atom stereocenters. The van der Waals surface area contributed by atoms with Gasteiger partial charge in [-0.2, -0.15) is 0 Å². The number of hydrogen-bond acceptors (Lipinski definition) is 8. The Labute approximate surface area is 191 Å². The van der Waals surface area contributed by atoms with Gasteiger partial charge in [0.25, 0.3) is 5.56 Å². The highest BCUT2D eigenvalue weighted by molar-refractivity contribution is 7.99. The van der Waals surface area contributed by atoms with Gasteiger partial charge in [0.05, 0.1) is 16.0 Å². The zero-order chi connectivity index (χ0) is 22.9. The fourth-order valence-electron chi connectivity index (χ4n) is 2.97. The van der Waals surface area contributed by atoms with Crippen LogP contribution in [0.1, 0.15) is 0 Å². The second kappa shape index (κ2) is 8.74. The monoisotopic (exact) mass is 487 g/mol. The van der Waals surface area contributed by atoms with Crippen molar-refractivity contribution in [2.75, 3.05) is 16.9 Å². The number of benzene rings is 2. The maximum absolute atomic E-state index is 12.9.